The van der Waals surface area contributed by atoms with E-state index in [2.05, 4.69) is 20.7 Å². The van der Waals surface area contributed by atoms with Crippen LogP contribution in [0.2, 0.25) is 0 Å². The largest absolute Gasteiger partial charge is 0.379 e. The molecule has 23 heavy (non-hydrogen) atoms. The maximum absolute atomic E-state index is 12.3. The average Bonchev–Trinajstić information content (AvgIpc) is 2.62. The van der Waals surface area contributed by atoms with Gasteiger partial charge in [0.1, 0.15) is 12.1 Å². The minimum Gasteiger partial charge on any atom is -0.379 e. The van der Waals surface area contributed by atoms with Crippen molar-refractivity contribution >= 4 is 17.3 Å². The predicted octanol–water partition coefficient (Wildman–Crippen LogP) is 0.521. The first kappa shape index (κ1) is 16.4. The molecule has 2 N–H and O–H groups in total. The van der Waals surface area contributed by atoms with Gasteiger partial charge in [0.15, 0.2) is 0 Å². The third-order valence-electron chi connectivity index (χ3n) is 3.24. The monoisotopic (exact) mass is 312 g/mol. The van der Waals surface area contributed by atoms with Crippen molar-refractivity contribution in [2.24, 2.45) is 5.10 Å². The Morgan fingerprint density at radius 1 is 1.26 bits per heavy atom. The van der Waals surface area contributed by atoms with Crippen LogP contribution in [-0.4, -0.2) is 49.5 Å². The van der Waals surface area contributed by atoms with E-state index in [0.717, 1.165) is 13.1 Å². The summed E-state index contributed by atoms with van der Waals surface area (Å²) in [7, 11) is 0. The van der Waals surface area contributed by atoms with Gasteiger partial charge in [-0.3, -0.25) is 15.1 Å². The number of rotatable bonds is 5. The lowest BCUT2D eigenvalue weighted by Crippen LogP contribution is -2.43. The molecule has 1 aliphatic heterocycles. The number of benzene rings is 1. The van der Waals surface area contributed by atoms with Gasteiger partial charge in [-0.2, -0.15) is 15.6 Å². The van der Waals surface area contributed by atoms with Crippen LogP contribution in [0, 0.1) is 22.7 Å². The molecule has 1 fully saturated rings. The van der Waals surface area contributed by atoms with Gasteiger partial charge < -0.3 is 10.1 Å². The maximum Gasteiger partial charge on any atom is 0.254 e. The predicted molar refractivity (Wildman–Crippen MR) is 83.5 cm³/mol. The average molecular weight is 312 g/mol. The fourth-order valence-corrected chi connectivity index (χ4v) is 2.01. The quantitative estimate of drug-likeness (QED) is 0.605. The Kier molecular flexibility index (Phi) is 6.07. The summed E-state index contributed by atoms with van der Waals surface area (Å²) in [5, 5.41) is 23.8. The van der Waals surface area contributed by atoms with Crippen LogP contribution >= 0.6 is 0 Å². The molecule has 0 bridgehead atoms. The number of carbonyl (C=O) groups excluding carboxylic acids is 1. The lowest BCUT2D eigenvalue weighted by Gasteiger charge is -2.26. The number of hydrogen-bond acceptors (Lipinski definition) is 7. The zero-order chi connectivity index (χ0) is 16.5. The molecule has 0 aromatic heterocycles. The molecule has 8 heteroatoms. The highest BCUT2D eigenvalue weighted by Crippen LogP contribution is 2.15. The van der Waals surface area contributed by atoms with E-state index in [4.69, 9.17) is 15.3 Å². The summed E-state index contributed by atoms with van der Waals surface area (Å²) < 4.78 is 5.25. The van der Waals surface area contributed by atoms with Crippen LogP contribution in [0.5, 0.6) is 0 Å². The molecule has 0 aliphatic carbocycles. The van der Waals surface area contributed by atoms with Crippen LogP contribution in [0.3, 0.4) is 0 Å². The van der Waals surface area contributed by atoms with E-state index in [1.54, 1.807) is 36.4 Å². The molecule has 1 amide bonds. The van der Waals surface area contributed by atoms with Crippen molar-refractivity contribution in [3.8, 4) is 12.1 Å². The number of ether oxygens (including phenoxy) is 1. The highest BCUT2D eigenvalue weighted by atomic mass is 16.5. The van der Waals surface area contributed by atoms with Gasteiger partial charge in [0.25, 0.3) is 5.91 Å². The van der Waals surface area contributed by atoms with Crippen molar-refractivity contribution in [1.82, 2.24) is 10.2 Å². The molecular weight excluding hydrogens is 296 g/mol. The third-order valence-corrected chi connectivity index (χ3v) is 3.24. The van der Waals surface area contributed by atoms with Crippen LogP contribution in [-0.2, 0) is 4.74 Å². The van der Waals surface area contributed by atoms with Crippen LogP contribution in [0.15, 0.2) is 29.4 Å². The van der Waals surface area contributed by atoms with Gasteiger partial charge in [0.05, 0.1) is 31.1 Å². The van der Waals surface area contributed by atoms with E-state index >= 15 is 0 Å². The second-order valence-corrected chi connectivity index (χ2v) is 4.74. The Morgan fingerprint density at radius 2 is 1.96 bits per heavy atom. The molecule has 8 nitrogen and oxygen atoms in total. The van der Waals surface area contributed by atoms with Crippen LogP contribution < -0.4 is 10.7 Å². The molecule has 1 saturated heterocycles. The molecule has 0 radical (unpaired) electrons. The van der Waals surface area contributed by atoms with Gasteiger partial charge in [-0.05, 0) is 12.1 Å². The first-order chi connectivity index (χ1) is 11.2. The lowest BCUT2D eigenvalue weighted by molar-refractivity contribution is 0.0334. The van der Waals surface area contributed by atoms with Crippen molar-refractivity contribution in [2.75, 3.05) is 38.4 Å². The van der Waals surface area contributed by atoms with E-state index in [1.165, 1.54) is 0 Å². The number of anilines is 1. The Morgan fingerprint density at radius 3 is 2.65 bits per heavy atom. The molecule has 118 valence electrons. The Hall–Kier alpha value is -2.94. The Labute approximate surface area is 133 Å². The lowest BCUT2D eigenvalue weighted by atomic mass is 10.1. The van der Waals surface area contributed by atoms with Crippen molar-refractivity contribution in [1.29, 1.82) is 10.5 Å². The van der Waals surface area contributed by atoms with E-state index in [0.29, 0.717) is 31.1 Å². The molecule has 0 atom stereocenters. The zero-order valence-corrected chi connectivity index (χ0v) is 12.5. The standard InChI is InChI=1S/C15H16N6O2/c16-9-12(10-17)19-20-14-4-2-1-3-13(14)15(22)18-11-21-5-7-23-8-6-21/h1-4,20H,5-8,11H2,(H,18,22). The highest BCUT2D eigenvalue weighted by Gasteiger charge is 2.14. The number of carbonyl (C=O) groups is 1. The summed E-state index contributed by atoms with van der Waals surface area (Å²) in [6, 6.07) is 10.0. The van der Waals surface area contributed by atoms with Crippen molar-refractivity contribution in [3.05, 3.63) is 29.8 Å². The molecule has 1 aromatic rings. The molecule has 1 aromatic carbocycles. The summed E-state index contributed by atoms with van der Waals surface area (Å²) in [4.78, 5) is 14.4. The van der Waals surface area contributed by atoms with Crippen LogP contribution in [0.1, 0.15) is 10.4 Å². The third kappa shape index (κ3) is 4.78. The molecule has 1 aliphatic rings. The molecule has 0 unspecified atom stereocenters. The zero-order valence-electron chi connectivity index (χ0n) is 12.5. The number of amides is 1. The molecular formula is C15H16N6O2. The first-order valence-electron chi connectivity index (χ1n) is 7.06. The minimum atomic E-state index is -0.312. The summed E-state index contributed by atoms with van der Waals surface area (Å²) >= 11 is 0. The topological polar surface area (TPSA) is 114 Å². The van der Waals surface area contributed by atoms with Gasteiger partial charge in [-0.15, -0.1) is 0 Å². The van der Waals surface area contributed by atoms with E-state index in [9.17, 15) is 4.79 Å². The Bertz CT molecular complexity index is 651. The van der Waals surface area contributed by atoms with Crippen molar-refractivity contribution in [3.63, 3.8) is 0 Å². The minimum absolute atomic E-state index is 0.259. The summed E-state index contributed by atoms with van der Waals surface area (Å²) in [6.45, 7) is 3.30. The second-order valence-electron chi connectivity index (χ2n) is 4.74. The molecule has 2 rings (SSSR count). The smallest absolute Gasteiger partial charge is 0.254 e. The van der Waals surface area contributed by atoms with Crippen LogP contribution in [0.25, 0.3) is 0 Å². The van der Waals surface area contributed by atoms with E-state index < -0.39 is 0 Å². The molecule has 0 saturated carbocycles. The number of hydrogen-bond donors (Lipinski definition) is 2. The van der Waals surface area contributed by atoms with Gasteiger partial charge >= 0.3 is 0 Å². The van der Waals surface area contributed by atoms with Crippen molar-refractivity contribution < 1.29 is 9.53 Å². The number of para-hydroxylation sites is 1. The van der Waals surface area contributed by atoms with Crippen molar-refractivity contribution in [2.45, 2.75) is 0 Å². The van der Waals surface area contributed by atoms with Gasteiger partial charge in [-0.25, -0.2) is 0 Å². The van der Waals surface area contributed by atoms with Gasteiger partial charge in [0.2, 0.25) is 5.71 Å². The molecule has 0 spiro atoms. The highest BCUT2D eigenvalue weighted by molar-refractivity contribution is 6.10. The first-order valence-corrected chi connectivity index (χ1v) is 7.06. The fraction of sp³-hybridized carbons (Fsp3) is 0.333. The fourth-order valence-electron chi connectivity index (χ4n) is 2.01. The summed E-state index contributed by atoms with van der Waals surface area (Å²) in [5.74, 6) is -0.259. The number of nitrogens with one attached hydrogen (secondary N) is 2. The number of nitriles is 2. The van der Waals surface area contributed by atoms with Crippen LogP contribution in [0.4, 0.5) is 5.69 Å². The number of hydrazone groups is 1. The van der Waals surface area contributed by atoms with E-state index in [-0.39, 0.29) is 11.6 Å². The molecule has 1 heterocycles. The second kappa shape index (κ2) is 8.49. The maximum atomic E-state index is 12.3. The Balaban J connectivity index is 2.01. The SMILES string of the molecule is N#CC(C#N)=NNc1ccccc1C(=O)NCN1CCOCC1. The number of morpholine rings is 1. The normalized spacial score (nSPS) is 14.2. The van der Waals surface area contributed by atoms with Gasteiger partial charge in [0, 0.05) is 13.1 Å². The summed E-state index contributed by atoms with van der Waals surface area (Å²) in [5.41, 5.74) is 3.09. The van der Waals surface area contributed by atoms with Gasteiger partial charge in [-0.1, -0.05) is 12.1 Å². The summed E-state index contributed by atoms with van der Waals surface area (Å²) in [6.07, 6.45) is 0. The van der Waals surface area contributed by atoms with E-state index in [1.807, 2.05) is 0 Å². The number of nitrogens with zero attached hydrogens (tertiary/aromatic N) is 4.